The van der Waals surface area contributed by atoms with Crippen molar-refractivity contribution < 1.29 is 14.3 Å². The number of carboxylic acid groups (broad SMARTS) is 1. The van der Waals surface area contributed by atoms with Crippen LogP contribution < -0.4 is 0 Å². The minimum atomic E-state index is -1.09. The van der Waals surface area contributed by atoms with Crippen LogP contribution >= 0.6 is 22.6 Å². The van der Waals surface area contributed by atoms with Crippen LogP contribution in [0.15, 0.2) is 30.7 Å². The largest absolute Gasteiger partial charge is 0.476 e. The number of imidazole rings is 1. The zero-order chi connectivity index (χ0) is 11.7. The summed E-state index contributed by atoms with van der Waals surface area (Å²) >= 11 is 1.98. The van der Waals surface area contributed by atoms with Crippen LogP contribution in [0.3, 0.4) is 0 Å². The highest BCUT2D eigenvalue weighted by atomic mass is 127. The Morgan fingerprint density at radius 1 is 1.50 bits per heavy atom. The van der Waals surface area contributed by atoms with E-state index in [0.717, 1.165) is 0 Å². The Hall–Kier alpha value is -1.44. The van der Waals surface area contributed by atoms with Crippen LogP contribution in [0.2, 0.25) is 0 Å². The minimum Gasteiger partial charge on any atom is -0.476 e. The number of aromatic carboxylic acids is 1. The standard InChI is InChI=1S/C10H6FIN2O2/c11-6-1-2-9(7(12)3-6)14-4-8(10(15)16)13-5-14/h1-5H,(H,15,16). The minimum absolute atomic E-state index is 0.0416. The normalized spacial score (nSPS) is 10.4. The van der Waals surface area contributed by atoms with E-state index in [0.29, 0.717) is 9.26 Å². The second kappa shape index (κ2) is 4.20. The summed E-state index contributed by atoms with van der Waals surface area (Å²) in [6.45, 7) is 0. The molecule has 2 rings (SSSR count). The summed E-state index contributed by atoms with van der Waals surface area (Å²) in [6.07, 6.45) is 2.77. The summed E-state index contributed by atoms with van der Waals surface area (Å²) < 4.78 is 15.1. The van der Waals surface area contributed by atoms with Gasteiger partial charge in [0.15, 0.2) is 5.69 Å². The number of carbonyl (C=O) groups is 1. The zero-order valence-corrected chi connectivity index (χ0v) is 10.1. The van der Waals surface area contributed by atoms with Gasteiger partial charge < -0.3 is 9.67 Å². The van der Waals surface area contributed by atoms with Gasteiger partial charge in [0, 0.05) is 9.77 Å². The van der Waals surface area contributed by atoms with Gasteiger partial charge in [-0.3, -0.25) is 0 Å². The van der Waals surface area contributed by atoms with Gasteiger partial charge in [0.1, 0.15) is 12.1 Å². The van der Waals surface area contributed by atoms with E-state index < -0.39 is 5.97 Å². The third-order valence-electron chi connectivity index (χ3n) is 1.99. The van der Waals surface area contributed by atoms with E-state index in [-0.39, 0.29) is 11.5 Å². The number of rotatable bonds is 2. The number of aromatic nitrogens is 2. The molecule has 16 heavy (non-hydrogen) atoms. The van der Waals surface area contributed by atoms with Crippen molar-refractivity contribution in [3.05, 3.63) is 45.8 Å². The van der Waals surface area contributed by atoms with Gasteiger partial charge >= 0.3 is 5.97 Å². The van der Waals surface area contributed by atoms with E-state index in [4.69, 9.17) is 5.11 Å². The Balaban J connectivity index is 2.46. The maximum absolute atomic E-state index is 12.9. The summed E-state index contributed by atoms with van der Waals surface area (Å²) in [4.78, 5) is 14.4. The van der Waals surface area contributed by atoms with Crippen LogP contribution in [-0.2, 0) is 0 Å². The average Bonchev–Trinajstić information content (AvgIpc) is 2.66. The van der Waals surface area contributed by atoms with Gasteiger partial charge in [-0.15, -0.1) is 0 Å². The molecule has 6 heteroatoms. The highest BCUT2D eigenvalue weighted by Crippen LogP contribution is 2.18. The molecule has 1 aromatic carbocycles. The average molecular weight is 332 g/mol. The van der Waals surface area contributed by atoms with Gasteiger partial charge in [0.25, 0.3) is 0 Å². The molecule has 0 unspecified atom stereocenters. The van der Waals surface area contributed by atoms with E-state index in [1.807, 2.05) is 22.6 Å². The summed E-state index contributed by atoms with van der Waals surface area (Å²) in [5, 5.41) is 8.72. The summed E-state index contributed by atoms with van der Waals surface area (Å²) in [5.74, 6) is -1.41. The lowest BCUT2D eigenvalue weighted by Gasteiger charge is -2.04. The second-order valence-electron chi connectivity index (χ2n) is 3.07. The van der Waals surface area contributed by atoms with Gasteiger partial charge in [-0.05, 0) is 40.8 Å². The lowest BCUT2D eigenvalue weighted by atomic mass is 10.3. The second-order valence-corrected chi connectivity index (χ2v) is 4.23. The molecule has 0 saturated carbocycles. The Morgan fingerprint density at radius 3 is 2.81 bits per heavy atom. The molecule has 1 aromatic heterocycles. The predicted octanol–water partition coefficient (Wildman–Crippen LogP) is 2.31. The van der Waals surface area contributed by atoms with E-state index in [9.17, 15) is 9.18 Å². The zero-order valence-electron chi connectivity index (χ0n) is 7.89. The van der Waals surface area contributed by atoms with Crippen LogP contribution in [0.1, 0.15) is 10.5 Å². The molecular formula is C10H6FIN2O2. The number of hydrogen-bond acceptors (Lipinski definition) is 2. The van der Waals surface area contributed by atoms with E-state index in [1.54, 1.807) is 10.6 Å². The van der Waals surface area contributed by atoms with Gasteiger partial charge in [-0.25, -0.2) is 14.2 Å². The van der Waals surface area contributed by atoms with Crippen molar-refractivity contribution in [2.24, 2.45) is 0 Å². The molecule has 1 heterocycles. The van der Waals surface area contributed by atoms with Crippen LogP contribution in [0.4, 0.5) is 4.39 Å². The molecule has 0 bridgehead atoms. The van der Waals surface area contributed by atoms with Crippen LogP contribution in [-0.4, -0.2) is 20.6 Å². The SMILES string of the molecule is O=C(O)c1cn(-c2ccc(F)cc2I)cn1. The molecule has 0 radical (unpaired) electrons. The Kier molecular flexibility index (Phi) is 2.90. The van der Waals surface area contributed by atoms with Crippen molar-refractivity contribution >= 4 is 28.6 Å². The lowest BCUT2D eigenvalue weighted by Crippen LogP contribution is -1.97. The lowest BCUT2D eigenvalue weighted by molar-refractivity contribution is 0.0691. The van der Waals surface area contributed by atoms with Gasteiger partial charge in [0.2, 0.25) is 0 Å². The van der Waals surface area contributed by atoms with Crippen molar-refractivity contribution in [3.8, 4) is 5.69 Å². The van der Waals surface area contributed by atoms with E-state index >= 15 is 0 Å². The van der Waals surface area contributed by atoms with E-state index in [2.05, 4.69) is 4.98 Å². The molecule has 0 amide bonds. The summed E-state index contributed by atoms with van der Waals surface area (Å²) in [6, 6.07) is 4.26. The molecule has 1 N–H and O–H groups in total. The molecule has 0 aliphatic rings. The third-order valence-corrected chi connectivity index (χ3v) is 2.85. The third kappa shape index (κ3) is 2.06. The Labute approximate surface area is 104 Å². The molecule has 0 atom stereocenters. The Bertz CT molecular complexity index is 554. The predicted molar refractivity (Wildman–Crippen MR) is 63.2 cm³/mol. The molecule has 0 fully saturated rings. The summed E-state index contributed by atoms with van der Waals surface area (Å²) in [7, 11) is 0. The monoisotopic (exact) mass is 332 g/mol. The number of halogens is 2. The number of carboxylic acids is 1. The first-order valence-electron chi connectivity index (χ1n) is 4.30. The molecule has 0 aliphatic carbocycles. The maximum Gasteiger partial charge on any atom is 0.356 e. The topological polar surface area (TPSA) is 55.1 Å². The van der Waals surface area contributed by atoms with Crippen molar-refractivity contribution in [3.63, 3.8) is 0 Å². The molecule has 82 valence electrons. The van der Waals surface area contributed by atoms with Crippen LogP contribution in [0.25, 0.3) is 5.69 Å². The van der Waals surface area contributed by atoms with Gasteiger partial charge in [-0.1, -0.05) is 0 Å². The maximum atomic E-state index is 12.9. The Morgan fingerprint density at radius 2 is 2.25 bits per heavy atom. The van der Waals surface area contributed by atoms with E-state index in [1.165, 1.54) is 24.7 Å². The van der Waals surface area contributed by atoms with Gasteiger partial charge in [0.05, 0.1) is 5.69 Å². The quantitative estimate of drug-likeness (QED) is 0.859. The number of hydrogen-bond donors (Lipinski definition) is 1. The van der Waals surface area contributed by atoms with Crippen LogP contribution in [0.5, 0.6) is 0 Å². The molecule has 4 nitrogen and oxygen atoms in total. The fraction of sp³-hybridized carbons (Fsp3) is 0. The van der Waals surface area contributed by atoms with Gasteiger partial charge in [-0.2, -0.15) is 0 Å². The molecular weight excluding hydrogens is 326 g/mol. The van der Waals surface area contributed by atoms with Crippen molar-refractivity contribution in [2.75, 3.05) is 0 Å². The highest BCUT2D eigenvalue weighted by molar-refractivity contribution is 14.1. The fourth-order valence-corrected chi connectivity index (χ4v) is 2.01. The molecule has 0 saturated heterocycles. The van der Waals surface area contributed by atoms with Crippen molar-refractivity contribution in [1.82, 2.24) is 9.55 Å². The molecule has 2 aromatic rings. The highest BCUT2D eigenvalue weighted by Gasteiger charge is 2.09. The number of benzene rings is 1. The first-order valence-corrected chi connectivity index (χ1v) is 5.38. The summed E-state index contributed by atoms with van der Waals surface area (Å²) in [5.41, 5.74) is 0.655. The van der Waals surface area contributed by atoms with Crippen LogP contribution in [0, 0.1) is 9.39 Å². The first-order chi connectivity index (χ1) is 7.58. The smallest absolute Gasteiger partial charge is 0.356 e. The molecule has 0 aliphatic heterocycles. The van der Waals surface area contributed by atoms with Crippen molar-refractivity contribution in [1.29, 1.82) is 0 Å². The molecule has 0 spiro atoms. The fourth-order valence-electron chi connectivity index (χ4n) is 1.26. The number of nitrogens with zero attached hydrogens (tertiary/aromatic N) is 2. The van der Waals surface area contributed by atoms with Crippen molar-refractivity contribution in [2.45, 2.75) is 0 Å². The first kappa shape index (κ1) is 11.1.